The molecule has 0 unspecified atom stereocenters. The second-order valence-corrected chi connectivity index (χ2v) is 2.55. The van der Waals surface area contributed by atoms with Gasteiger partial charge in [-0.1, -0.05) is 0 Å². The quantitative estimate of drug-likeness (QED) is 0.441. The second-order valence-electron chi connectivity index (χ2n) is 2.55. The van der Waals surface area contributed by atoms with E-state index in [0.29, 0.717) is 6.54 Å². The number of rotatable bonds is 5. The number of nitrogens with one attached hydrogen (secondary N) is 1. The van der Waals surface area contributed by atoms with Crippen LogP contribution in [0.3, 0.4) is 0 Å². The van der Waals surface area contributed by atoms with Gasteiger partial charge in [-0.15, -0.1) is 0 Å². The van der Waals surface area contributed by atoms with E-state index in [9.17, 15) is 4.79 Å². The number of hydrogen-bond donors (Lipinski definition) is 1. The lowest BCUT2D eigenvalue weighted by Gasteiger charge is -2.00. The van der Waals surface area contributed by atoms with Crippen LogP contribution in [0.25, 0.3) is 0 Å². The van der Waals surface area contributed by atoms with E-state index in [1.165, 1.54) is 0 Å². The number of amides is 1. The van der Waals surface area contributed by atoms with Gasteiger partial charge in [0.2, 0.25) is 0 Å². The van der Waals surface area contributed by atoms with E-state index < -0.39 is 0 Å². The summed E-state index contributed by atoms with van der Waals surface area (Å²) in [5.41, 5.74) is -0.120. The molecule has 1 radical (unpaired) electrons. The highest BCUT2D eigenvalue weighted by molar-refractivity contribution is 5.46. The van der Waals surface area contributed by atoms with Gasteiger partial charge in [-0.05, 0) is 19.8 Å². The molecule has 0 aromatic rings. The molecule has 1 N–H and O–H groups in total. The predicted molar refractivity (Wildman–Crippen MR) is 36.2 cm³/mol. The summed E-state index contributed by atoms with van der Waals surface area (Å²) in [6, 6.07) is 0. The molecule has 0 saturated carbocycles. The molecule has 1 rings (SSSR count). The fraction of sp³-hybridized carbons (Fsp3) is 0.833. The van der Waals surface area contributed by atoms with E-state index in [-0.39, 0.29) is 5.66 Å². The van der Waals surface area contributed by atoms with E-state index in [1.807, 2.05) is 6.92 Å². The molecular formula is C6H10N3O. The zero-order chi connectivity index (χ0) is 7.45. The van der Waals surface area contributed by atoms with Crippen molar-refractivity contribution in [3.05, 3.63) is 0 Å². The lowest BCUT2D eigenvalue weighted by Crippen LogP contribution is -2.14. The lowest BCUT2D eigenvalue weighted by atomic mass is 10.1. The van der Waals surface area contributed by atoms with Gasteiger partial charge >= 0.3 is 6.41 Å². The van der Waals surface area contributed by atoms with Crippen LogP contribution in [-0.2, 0) is 4.79 Å². The minimum absolute atomic E-state index is 0.120. The number of hydrogen-bond acceptors (Lipinski definition) is 3. The molecule has 0 saturated heterocycles. The van der Waals surface area contributed by atoms with Crippen LogP contribution in [0, 0.1) is 0 Å². The molecule has 0 bridgehead atoms. The van der Waals surface area contributed by atoms with Crippen LogP contribution < -0.4 is 5.32 Å². The van der Waals surface area contributed by atoms with Crippen molar-refractivity contribution in [2.24, 2.45) is 10.2 Å². The van der Waals surface area contributed by atoms with Crippen LogP contribution in [0.15, 0.2) is 10.2 Å². The molecule has 0 aromatic carbocycles. The maximum absolute atomic E-state index is 9.66. The summed E-state index contributed by atoms with van der Waals surface area (Å²) in [7, 11) is 0. The van der Waals surface area contributed by atoms with E-state index in [1.54, 1.807) is 6.41 Å². The van der Waals surface area contributed by atoms with Gasteiger partial charge < -0.3 is 5.32 Å². The molecular weight excluding hydrogens is 130 g/mol. The molecule has 4 heteroatoms. The van der Waals surface area contributed by atoms with Gasteiger partial charge in [0.25, 0.3) is 0 Å². The Morgan fingerprint density at radius 3 is 2.80 bits per heavy atom. The molecule has 0 spiro atoms. The highest BCUT2D eigenvalue weighted by Gasteiger charge is 2.32. The average molecular weight is 140 g/mol. The Kier molecular flexibility index (Phi) is 1.99. The molecule has 1 aliphatic heterocycles. The molecule has 1 aliphatic rings. The molecule has 4 nitrogen and oxygen atoms in total. The minimum Gasteiger partial charge on any atom is -0.348 e. The summed E-state index contributed by atoms with van der Waals surface area (Å²) in [6.45, 7) is 2.64. The Morgan fingerprint density at radius 1 is 1.60 bits per heavy atom. The van der Waals surface area contributed by atoms with Gasteiger partial charge in [0.05, 0.1) is 0 Å². The van der Waals surface area contributed by atoms with E-state index in [4.69, 9.17) is 0 Å². The SMILES string of the molecule is CC1(CCCN[C]=O)N=N1. The fourth-order valence-electron chi connectivity index (χ4n) is 0.748. The Morgan fingerprint density at radius 2 is 2.30 bits per heavy atom. The lowest BCUT2D eigenvalue weighted by molar-refractivity contribution is 0.526. The van der Waals surface area contributed by atoms with Crippen LogP contribution in [0.5, 0.6) is 0 Å². The molecule has 0 fully saturated rings. The predicted octanol–water partition coefficient (Wildman–Crippen LogP) is 0.605. The first-order chi connectivity index (χ1) is 4.77. The third-order valence-corrected chi connectivity index (χ3v) is 1.47. The zero-order valence-electron chi connectivity index (χ0n) is 5.92. The number of nitrogens with zero attached hydrogens (tertiary/aromatic N) is 2. The Hall–Kier alpha value is -0.930. The highest BCUT2D eigenvalue weighted by atomic mass is 16.1. The summed E-state index contributed by atoms with van der Waals surface area (Å²) < 4.78 is 0. The summed E-state index contributed by atoms with van der Waals surface area (Å²) in [4.78, 5) is 9.66. The van der Waals surface area contributed by atoms with Crippen molar-refractivity contribution < 1.29 is 4.79 Å². The minimum atomic E-state index is -0.120. The summed E-state index contributed by atoms with van der Waals surface area (Å²) >= 11 is 0. The van der Waals surface area contributed by atoms with Gasteiger partial charge in [-0.3, -0.25) is 4.79 Å². The first kappa shape index (κ1) is 7.18. The molecule has 55 valence electrons. The topological polar surface area (TPSA) is 53.8 Å². The van der Waals surface area contributed by atoms with Crippen molar-refractivity contribution in [1.82, 2.24) is 5.32 Å². The van der Waals surface area contributed by atoms with Crippen LogP contribution in [-0.4, -0.2) is 18.6 Å². The molecule has 0 aromatic heterocycles. The monoisotopic (exact) mass is 140 g/mol. The smallest absolute Gasteiger partial charge is 0.309 e. The fourth-order valence-corrected chi connectivity index (χ4v) is 0.748. The maximum atomic E-state index is 9.66. The largest absolute Gasteiger partial charge is 0.348 e. The average Bonchev–Trinajstić information content (AvgIpc) is 2.62. The second kappa shape index (κ2) is 2.77. The van der Waals surface area contributed by atoms with Gasteiger partial charge in [0, 0.05) is 6.54 Å². The molecule has 0 atom stereocenters. The first-order valence-electron chi connectivity index (χ1n) is 3.31. The van der Waals surface area contributed by atoms with Crippen molar-refractivity contribution >= 4 is 6.41 Å². The third-order valence-electron chi connectivity index (χ3n) is 1.47. The zero-order valence-corrected chi connectivity index (χ0v) is 5.92. The van der Waals surface area contributed by atoms with Gasteiger partial charge in [0.1, 0.15) is 0 Å². The van der Waals surface area contributed by atoms with E-state index in [2.05, 4.69) is 15.5 Å². The van der Waals surface area contributed by atoms with Crippen LogP contribution in [0.2, 0.25) is 0 Å². The maximum Gasteiger partial charge on any atom is 0.309 e. The standard InChI is InChI=1S/C6H10N3O/c1-6(8-9-6)3-2-4-7-5-10/h2-4H2,1H3,(H,7,10). The molecule has 0 aliphatic carbocycles. The van der Waals surface area contributed by atoms with Crippen LogP contribution in [0.1, 0.15) is 19.8 Å². The van der Waals surface area contributed by atoms with E-state index >= 15 is 0 Å². The molecule has 1 heterocycles. The van der Waals surface area contributed by atoms with Crippen LogP contribution >= 0.6 is 0 Å². The third kappa shape index (κ3) is 2.13. The Labute approximate surface area is 59.7 Å². The van der Waals surface area contributed by atoms with Gasteiger partial charge in [0.15, 0.2) is 5.66 Å². The van der Waals surface area contributed by atoms with Crippen LogP contribution in [0.4, 0.5) is 0 Å². The Balaban J connectivity index is 1.91. The molecule has 10 heavy (non-hydrogen) atoms. The Bertz CT molecular complexity index is 149. The van der Waals surface area contributed by atoms with E-state index in [0.717, 1.165) is 12.8 Å². The summed E-state index contributed by atoms with van der Waals surface area (Å²) in [6.07, 6.45) is 3.45. The first-order valence-corrected chi connectivity index (χ1v) is 3.31. The normalized spacial score (nSPS) is 18.5. The van der Waals surface area contributed by atoms with Crippen molar-refractivity contribution in [1.29, 1.82) is 0 Å². The van der Waals surface area contributed by atoms with Crippen molar-refractivity contribution in [2.45, 2.75) is 25.4 Å². The highest BCUT2D eigenvalue weighted by Crippen LogP contribution is 2.31. The van der Waals surface area contributed by atoms with Gasteiger partial charge in [-0.25, -0.2) is 0 Å². The van der Waals surface area contributed by atoms with Crippen molar-refractivity contribution in [2.75, 3.05) is 6.54 Å². The van der Waals surface area contributed by atoms with Gasteiger partial charge in [-0.2, -0.15) is 10.2 Å². The van der Waals surface area contributed by atoms with Crippen molar-refractivity contribution in [3.63, 3.8) is 0 Å². The number of carbonyl (C=O) groups excluding carboxylic acids is 1. The molecule has 1 amide bonds. The summed E-state index contributed by atoms with van der Waals surface area (Å²) in [5, 5.41) is 10.1. The van der Waals surface area contributed by atoms with Crippen molar-refractivity contribution in [3.8, 4) is 0 Å². The summed E-state index contributed by atoms with van der Waals surface area (Å²) in [5.74, 6) is 0.